The maximum absolute atomic E-state index is 13.1. The number of nitrogens with zero attached hydrogens (tertiary/aromatic N) is 3. The van der Waals surface area contributed by atoms with Crippen molar-refractivity contribution in [2.24, 2.45) is 0 Å². The highest BCUT2D eigenvalue weighted by molar-refractivity contribution is 7.89. The topological polar surface area (TPSA) is 93.5 Å². The van der Waals surface area contributed by atoms with Crippen LogP contribution in [0.25, 0.3) is 5.69 Å². The van der Waals surface area contributed by atoms with Crippen LogP contribution in [0.4, 0.5) is 0 Å². The third kappa shape index (κ3) is 4.94. The monoisotopic (exact) mass is 470 g/mol. The van der Waals surface area contributed by atoms with Gasteiger partial charge < -0.3 is 10.1 Å². The van der Waals surface area contributed by atoms with E-state index in [4.69, 9.17) is 4.74 Å². The summed E-state index contributed by atoms with van der Waals surface area (Å²) in [6, 6.07) is 13.8. The first kappa shape index (κ1) is 24.5. The Labute approximate surface area is 195 Å². The number of aromatic nitrogens is 2. The number of hydrogen-bond acceptors (Lipinski definition) is 5. The smallest absolute Gasteiger partial charge is 0.251 e. The molecule has 0 saturated carbocycles. The third-order valence-electron chi connectivity index (χ3n) is 5.61. The first-order valence-corrected chi connectivity index (χ1v) is 12.3. The predicted octanol–water partition coefficient (Wildman–Crippen LogP) is 3.71. The van der Waals surface area contributed by atoms with Gasteiger partial charge in [0.2, 0.25) is 10.0 Å². The molecule has 0 saturated heterocycles. The summed E-state index contributed by atoms with van der Waals surface area (Å²) in [6.07, 6.45) is 1.73. The Balaban J connectivity index is 1.87. The summed E-state index contributed by atoms with van der Waals surface area (Å²) in [4.78, 5) is 13.0. The molecular formula is C24H30N4O4S. The second-order valence-corrected chi connectivity index (χ2v) is 9.49. The highest BCUT2D eigenvalue weighted by Gasteiger charge is 2.27. The van der Waals surface area contributed by atoms with Crippen molar-refractivity contribution in [2.45, 2.75) is 38.6 Å². The number of carbonyl (C=O) groups excluding carboxylic acids is 1. The predicted molar refractivity (Wildman–Crippen MR) is 127 cm³/mol. The van der Waals surface area contributed by atoms with Gasteiger partial charge in [-0.25, -0.2) is 13.1 Å². The number of rotatable bonds is 9. The van der Waals surface area contributed by atoms with E-state index in [2.05, 4.69) is 10.4 Å². The van der Waals surface area contributed by atoms with Gasteiger partial charge in [-0.2, -0.15) is 9.40 Å². The second kappa shape index (κ2) is 10.2. The average molecular weight is 471 g/mol. The van der Waals surface area contributed by atoms with Crippen molar-refractivity contribution in [2.75, 3.05) is 20.2 Å². The van der Waals surface area contributed by atoms with Crippen molar-refractivity contribution < 1.29 is 17.9 Å². The number of benzene rings is 2. The van der Waals surface area contributed by atoms with Crippen molar-refractivity contribution in [3.8, 4) is 11.4 Å². The minimum atomic E-state index is -3.80. The Morgan fingerprint density at radius 3 is 2.42 bits per heavy atom. The van der Waals surface area contributed by atoms with Crippen LogP contribution in [-0.2, 0) is 10.0 Å². The van der Waals surface area contributed by atoms with E-state index in [0.717, 1.165) is 16.9 Å². The molecule has 0 spiro atoms. The average Bonchev–Trinajstić information content (AvgIpc) is 3.21. The van der Waals surface area contributed by atoms with Gasteiger partial charge in [0.25, 0.3) is 5.91 Å². The Bertz CT molecular complexity index is 1220. The lowest BCUT2D eigenvalue weighted by Crippen LogP contribution is -2.31. The molecule has 0 aliphatic heterocycles. The highest BCUT2D eigenvalue weighted by atomic mass is 32.2. The third-order valence-corrected chi connectivity index (χ3v) is 7.68. The van der Waals surface area contributed by atoms with E-state index in [1.54, 1.807) is 26.1 Å². The summed E-state index contributed by atoms with van der Waals surface area (Å²) < 4.78 is 34.6. The normalized spacial score (nSPS) is 12.5. The summed E-state index contributed by atoms with van der Waals surface area (Å²) in [6.45, 7) is 7.99. The van der Waals surface area contributed by atoms with Crippen LogP contribution in [0.2, 0.25) is 0 Å². The number of amides is 1. The molecule has 3 aromatic rings. The molecule has 0 fully saturated rings. The molecule has 1 heterocycles. The number of methoxy groups -OCH3 is 1. The molecule has 1 amide bonds. The molecule has 0 aliphatic carbocycles. The van der Waals surface area contributed by atoms with Crippen LogP contribution in [-0.4, -0.2) is 48.6 Å². The molecule has 3 rings (SSSR count). The molecule has 0 bridgehead atoms. The lowest BCUT2D eigenvalue weighted by atomic mass is 10.1. The van der Waals surface area contributed by atoms with Crippen molar-refractivity contribution in [1.82, 2.24) is 19.4 Å². The first-order chi connectivity index (χ1) is 15.7. The number of ether oxygens (including phenoxy) is 1. The summed E-state index contributed by atoms with van der Waals surface area (Å²) in [5.74, 6) is -0.181. The maximum Gasteiger partial charge on any atom is 0.251 e. The SMILES string of the molecule is CCN(CC)S(=O)(=O)c1cc(C(=O)NC(C)c2cnn(-c3ccccc3)c2C)ccc1OC. The summed E-state index contributed by atoms with van der Waals surface area (Å²) in [7, 11) is -2.39. The van der Waals surface area contributed by atoms with Gasteiger partial charge in [-0.05, 0) is 44.2 Å². The maximum atomic E-state index is 13.1. The van der Waals surface area contributed by atoms with Crippen LogP contribution in [0.15, 0.2) is 59.6 Å². The van der Waals surface area contributed by atoms with Gasteiger partial charge in [0.1, 0.15) is 10.6 Å². The second-order valence-electron chi connectivity index (χ2n) is 7.58. The summed E-state index contributed by atoms with van der Waals surface area (Å²) >= 11 is 0. The van der Waals surface area contributed by atoms with Gasteiger partial charge >= 0.3 is 0 Å². The van der Waals surface area contributed by atoms with Gasteiger partial charge in [-0.1, -0.05) is 32.0 Å². The fourth-order valence-electron chi connectivity index (χ4n) is 3.76. The molecule has 0 aliphatic rings. The van der Waals surface area contributed by atoms with E-state index >= 15 is 0 Å². The Morgan fingerprint density at radius 2 is 1.82 bits per heavy atom. The van der Waals surface area contributed by atoms with Crippen molar-refractivity contribution in [1.29, 1.82) is 0 Å². The highest BCUT2D eigenvalue weighted by Crippen LogP contribution is 2.28. The van der Waals surface area contributed by atoms with Gasteiger partial charge in [0.05, 0.1) is 25.0 Å². The zero-order valence-corrected chi connectivity index (χ0v) is 20.4. The van der Waals surface area contributed by atoms with E-state index in [1.807, 2.05) is 48.9 Å². The summed E-state index contributed by atoms with van der Waals surface area (Å²) in [5.41, 5.74) is 2.95. The van der Waals surface area contributed by atoms with Crippen molar-refractivity contribution >= 4 is 15.9 Å². The van der Waals surface area contributed by atoms with Gasteiger partial charge in [0, 0.05) is 29.9 Å². The largest absolute Gasteiger partial charge is 0.495 e. The van der Waals surface area contributed by atoms with E-state index < -0.39 is 10.0 Å². The zero-order valence-electron chi connectivity index (χ0n) is 19.6. The lowest BCUT2D eigenvalue weighted by Gasteiger charge is -2.21. The molecule has 1 aromatic heterocycles. The molecule has 176 valence electrons. The molecule has 33 heavy (non-hydrogen) atoms. The van der Waals surface area contributed by atoms with Crippen LogP contribution >= 0.6 is 0 Å². The van der Waals surface area contributed by atoms with E-state index in [1.165, 1.54) is 23.5 Å². The molecule has 9 heteroatoms. The molecule has 1 N–H and O–H groups in total. The Hall–Kier alpha value is -3.17. The number of para-hydroxylation sites is 1. The Kier molecular flexibility index (Phi) is 7.55. The molecule has 8 nitrogen and oxygen atoms in total. The van der Waals surface area contributed by atoms with Crippen molar-refractivity contribution in [3.05, 3.63) is 71.5 Å². The quantitative estimate of drug-likeness (QED) is 0.515. The standard InChI is InChI=1S/C24H30N4O4S/c1-6-27(7-2)33(30,31)23-15-19(13-14-22(23)32-5)24(29)26-17(3)21-16-25-28(18(21)4)20-11-9-8-10-12-20/h8-17H,6-7H2,1-5H3,(H,26,29). The fraction of sp³-hybridized carbons (Fsp3) is 0.333. The van der Waals surface area contributed by atoms with Crippen LogP contribution in [0.3, 0.4) is 0 Å². The van der Waals surface area contributed by atoms with Crippen LogP contribution in [0.1, 0.15) is 48.4 Å². The van der Waals surface area contributed by atoms with Gasteiger partial charge in [-0.3, -0.25) is 4.79 Å². The van der Waals surface area contributed by atoms with Crippen LogP contribution in [0, 0.1) is 6.92 Å². The summed E-state index contributed by atoms with van der Waals surface area (Å²) in [5, 5.41) is 7.41. The van der Waals surface area contributed by atoms with Gasteiger partial charge in [0.15, 0.2) is 0 Å². The van der Waals surface area contributed by atoms with E-state index in [9.17, 15) is 13.2 Å². The van der Waals surface area contributed by atoms with E-state index in [-0.39, 0.29) is 28.2 Å². The lowest BCUT2D eigenvalue weighted by molar-refractivity contribution is 0.0939. The van der Waals surface area contributed by atoms with E-state index in [0.29, 0.717) is 13.1 Å². The number of nitrogens with one attached hydrogen (secondary N) is 1. The van der Waals surface area contributed by atoms with Crippen LogP contribution < -0.4 is 10.1 Å². The first-order valence-electron chi connectivity index (χ1n) is 10.8. The fourth-order valence-corrected chi connectivity index (χ4v) is 5.40. The van der Waals surface area contributed by atoms with Gasteiger partial charge in [-0.15, -0.1) is 0 Å². The Morgan fingerprint density at radius 1 is 1.15 bits per heavy atom. The van der Waals surface area contributed by atoms with Crippen LogP contribution in [0.5, 0.6) is 5.75 Å². The minimum Gasteiger partial charge on any atom is -0.495 e. The molecular weight excluding hydrogens is 440 g/mol. The number of hydrogen-bond donors (Lipinski definition) is 1. The minimum absolute atomic E-state index is 0.0259. The number of carbonyl (C=O) groups is 1. The zero-order chi connectivity index (χ0) is 24.2. The van der Waals surface area contributed by atoms with Crippen molar-refractivity contribution in [3.63, 3.8) is 0 Å². The molecule has 0 radical (unpaired) electrons. The molecule has 1 unspecified atom stereocenters. The molecule has 2 aromatic carbocycles. The molecule has 1 atom stereocenters. The number of sulfonamides is 1.